The lowest BCUT2D eigenvalue weighted by Crippen LogP contribution is -2.27. The second kappa shape index (κ2) is 7.47. The molecule has 0 atom stereocenters. The van der Waals surface area contributed by atoms with Crippen molar-refractivity contribution in [2.45, 2.75) is 33.7 Å². The zero-order chi connectivity index (χ0) is 11.8. The van der Waals surface area contributed by atoms with Crippen molar-refractivity contribution in [1.29, 1.82) is 0 Å². The minimum Gasteiger partial charge on any atom is -0.469 e. The first-order chi connectivity index (χ1) is 7.77. The Kier molecular flexibility index (Phi) is 6.19. The summed E-state index contributed by atoms with van der Waals surface area (Å²) in [6.07, 6.45) is 2.96. The summed E-state index contributed by atoms with van der Waals surface area (Å²) in [5, 5.41) is 3.45. The molecular formula is C13H24N2O. The van der Waals surface area contributed by atoms with Crippen LogP contribution >= 0.6 is 0 Å². The molecule has 1 aromatic rings. The van der Waals surface area contributed by atoms with Crippen LogP contribution in [0.15, 0.2) is 16.7 Å². The molecule has 3 heteroatoms. The first-order valence-corrected chi connectivity index (χ1v) is 6.24. The second-order valence-electron chi connectivity index (χ2n) is 4.06. The largest absolute Gasteiger partial charge is 0.469 e. The lowest BCUT2D eigenvalue weighted by atomic mass is 10.2. The van der Waals surface area contributed by atoms with Gasteiger partial charge in [0.2, 0.25) is 0 Å². The number of furan rings is 1. The van der Waals surface area contributed by atoms with Crippen LogP contribution in [0.3, 0.4) is 0 Å². The molecule has 1 rings (SSSR count). The Morgan fingerprint density at radius 2 is 2.06 bits per heavy atom. The van der Waals surface area contributed by atoms with Gasteiger partial charge in [0.25, 0.3) is 0 Å². The molecule has 0 unspecified atom stereocenters. The first kappa shape index (κ1) is 13.3. The summed E-state index contributed by atoms with van der Waals surface area (Å²) in [4.78, 5) is 2.45. The average Bonchev–Trinajstić information content (AvgIpc) is 2.70. The van der Waals surface area contributed by atoms with Gasteiger partial charge < -0.3 is 14.6 Å². The third-order valence-corrected chi connectivity index (χ3v) is 3.00. The van der Waals surface area contributed by atoms with Gasteiger partial charge in [-0.1, -0.05) is 13.8 Å². The maximum atomic E-state index is 5.25. The highest BCUT2D eigenvalue weighted by Gasteiger charge is 2.01. The van der Waals surface area contributed by atoms with Crippen LogP contribution in [0.25, 0.3) is 0 Å². The lowest BCUT2D eigenvalue weighted by Gasteiger charge is -2.17. The summed E-state index contributed by atoms with van der Waals surface area (Å²) < 4.78 is 5.25. The molecule has 0 aliphatic heterocycles. The lowest BCUT2D eigenvalue weighted by molar-refractivity contribution is 0.298. The van der Waals surface area contributed by atoms with Gasteiger partial charge in [-0.25, -0.2) is 0 Å². The second-order valence-corrected chi connectivity index (χ2v) is 4.06. The molecule has 1 aromatic heterocycles. The number of nitrogens with one attached hydrogen (secondary N) is 1. The highest BCUT2D eigenvalue weighted by Crippen LogP contribution is 2.07. The standard InChI is InChI=1S/C13H24N2O/c1-4-15(5-2)9-6-8-14-11-13-7-10-16-12(13)3/h7,10,14H,4-6,8-9,11H2,1-3H3. The Morgan fingerprint density at radius 3 is 2.62 bits per heavy atom. The van der Waals surface area contributed by atoms with E-state index in [4.69, 9.17) is 4.42 Å². The van der Waals surface area contributed by atoms with Crippen LogP contribution in [0.1, 0.15) is 31.6 Å². The molecule has 92 valence electrons. The van der Waals surface area contributed by atoms with Gasteiger partial charge in [-0.2, -0.15) is 0 Å². The molecule has 0 amide bonds. The van der Waals surface area contributed by atoms with Crippen molar-refractivity contribution in [2.24, 2.45) is 0 Å². The van der Waals surface area contributed by atoms with E-state index in [0.717, 1.165) is 31.9 Å². The topological polar surface area (TPSA) is 28.4 Å². The normalized spacial score (nSPS) is 11.2. The maximum absolute atomic E-state index is 5.25. The molecule has 1 N–H and O–H groups in total. The third-order valence-electron chi connectivity index (χ3n) is 3.00. The first-order valence-electron chi connectivity index (χ1n) is 6.24. The number of rotatable bonds is 8. The zero-order valence-corrected chi connectivity index (χ0v) is 10.8. The monoisotopic (exact) mass is 224 g/mol. The van der Waals surface area contributed by atoms with Crippen molar-refractivity contribution in [3.63, 3.8) is 0 Å². The average molecular weight is 224 g/mol. The van der Waals surface area contributed by atoms with Gasteiger partial charge in [0.1, 0.15) is 5.76 Å². The van der Waals surface area contributed by atoms with Crippen molar-refractivity contribution < 1.29 is 4.42 Å². The Hall–Kier alpha value is -0.800. The predicted molar refractivity (Wildman–Crippen MR) is 67.6 cm³/mol. The van der Waals surface area contributed by atoms with Crippen molar-refractivity contribution in [1.82, 2.24) is 10.2 Å². The third kappa shape index (κ3) is 4.37. The number of hydrogen-bond acceptors (Lipinski definition) is 3. The molecule has 1 heterocycles. The molecule has 3 nitrogen and oxygen atoms in total. The molecule has 0 spiro atoms. The Bertz CT molecular complexity index is 279. The van der Waals surface area contributed by atoms with E-state index in [-0.39, 0.29) is 0 Å². The number of hydrogen-bond donors (Lipinski definition) is 1. The van der Waals surface area contributed by atoms with Gasteiger partial charge >= 0.3 is 0 Å². The minimum atomic E-state index is 0.917. The molecule has 0 saturated carbocycles. The molecule has 0 aliphatic rings. The Morgan fingerprint density at radius 1 is 1.31 bits per heavy atom. The van der Waals surface area contributed by atoms with Gasteiger partial charge in [-0.3, -0.25) is 0 Å². The predicted octanol–water partition coefficient (Wildman–Crippen LogP) is 2.41. The van der Waals surface area contributed by atoms with Crippen LogP contribution < -0.4 is 5.32 Å². The van der Waals surface area contributed by atoms with Crippen molar-refractivity contribution in [3.8, 4) is 0 Å². The molecule has 0 aliphatic carbocycles. The van der Waals surface area contributed by atoms with Crippen LogP contribution in [-0.4, -0.2) is 31.1 Å². The SMILES string of the molecule is CCN(CC)CCCNCc1ccoc1C. The van der Waals surface area contributed by atoms with Crippen LogP contribution in [0, 0.1) is 6.92 Å². The maximum Gasteiger partial charge on any atom is 0.105 e. The summed E-state index contributed by atoms with van der Waals surface area (Å²) in [5.74, 6) is 1.02. The molecule has 0 saturated heterocycles. The fourth-order valence-corrected chi connectivity index (χ4v) is 1.79. The van der Waals surface area contributed by atoms with E-state index in [1.54, 1.807) is 6.26 Å². The van der Waals surface area contributed by atoms with Crippen molar-refractivity contribution in [2.75, 3.05) is 26.2 Å². The molecule has 0 fully saturated rings. The number of aryl methyl sites for hydroxylation is 1. The summed E-state index contributed by atoms with van der Waals surface area (Å²) in [5.41, 5.74) is 1.27. The molecule has 0 aromatic carbocycles. The zero-order valence-electron chi connectivity index (χ0n) is 10.8. The molecule has 16 heavy (non-hydrogen) atoms. The summed E-state index contributed by atoms with van der Waals surface area (Å²) in [6, 6.07) is 2.03. The Balaban J connectivity index is 2.06. The summed E-state index contributed by atoms with van der Waals surface area (Å²) >= 11 is 0. The van der Waals surface area contributed by atoms with Crippen LogP contribution in [0.5, 0.6) is 0 Å². The fourth-order valence-electron chi connectivity index (χ4n) is 1.79. The van der Waals surface area contributed by atoms with E-state index in [0.29, 0.717) is 0 Å². The van der Waals surface area contributed by atoms with Gasteiger partial charge in [0, 0.05) is 12.1 Å². The van der Waals surface area contributed by atoms with Crippen LogP contribution in [-0.2, 0) is 6.54 Å². The number of nitrogens with zero attached hydrogens (tertiary/aromatic N) is 1. The van der Waals surface area contributed by atoms with Crippen molar-refractivity contribution in [3.05, 3.63) is 23.7 Å². The summed E-state index contributed by atoms with van der Waals surface area (Å²) in [7, 11) is 0. The van der Waals surface area contributed by atoms with Crippen LogP contribution in [0.2, 0.25) is 0 Å². The van der Waals surface area contributed by atoms with E-state index in [9.17, 15) is 0 Å². The molecular weight excluding hydrogens is 200 g/mol. The quantitative estimate of drug-likeness (QED) is 0.687. The van der Waals surface area contributed by atoms with E-state index in [2.05, 4.69) is 24.1 Å². The van der Waals surface area contributed by atoms with E-state index in [1.165, 1.54) is 18.5 Å². The molecule has 0 bridgehead atoms. The van der Waals surface area contributed by atoms with E-state index in [1.807, 2.05) is 13.0 Å². The van der Waals surface area contributed by atoms with Gasteiger partial charge in [-0.05, 0) is 45.6 Å². The highest BCUT2D eigenvalue weighted by molar-refractivity contribution is 5.14. The smallest absolute Gasteiger partial charge is 0.105 e. The molecule has 0 radical (unpaired) electrons. The van der Waals surface area contributed by atoms with Gasteiger partial charge in [0.05, 0.1) is 6.26 Å². The van der Waals surface area contributed by atoms with Gasteiger partial charge in [0.15, 0.2) is 0 Å². The van der Waals surface area contributed by atoms with Crippen LogP contribution in [0.4, 0.5) is 0 Å². The Labute approximate surface area is 98.8 Å². The summed E-state index contributed by atoms with van der Waals surface area (Å²) in [6.45, 7) is 11.9. The fraction of sp³-hybridized carbons (Fsp3) is 0.692. The van der Waals surface area contributed by atoms with E-state index < -0.39 is 0 Å². The van der Waals surface area contributed by atoms with Crippen molar-refractivity contribution >= 4 is 0 Å². The van der Waals surface area contributed by atoms with E-state index >= 15 is 0 Å². The van der Waals surface area contributed by atoms with Gasteiger partial charge in [-0.15, -0.1) is 0 Å². The minimum absolute atomic E-state index is 0.917. The highest BCUT2D eigenvalue weighted by atomic mass is 16.3.